The Morgan fingerprint density at radius 1 is 1.00 bits per heavy atom. The van der Waals surface area contributed by atoms with Crippen LogP contribution in [-0.2, 0) is 0 Å². The van der Waals surface area contributed by atoms with Crippen LogP contribution in [0.15, 0.2) is 29.5 Å². The maximum Gasteiger partial charge on any atom is 0.163 e. The highest BCUT2D eigenvalue weighted by molar-refractivity contribution is 5.64. The van der Waals surface area contributed by atoms with Gasteiger partial charge in [0.1, 0.15) is 23.9 Å². The largest absolute Gasteiger partial charge is 0.345 e. The summed E-state index contributed by atoms with van der Waals surface area (Å²) in [7, 11) is 0. The minimum atomic E-state index is -0.213. The first-order chi connectivity index (χ1) is 8.13. The van der Waals surface area contributed by atoms with Crippen LogP contribution in [0, 0.1) is 47.8 Å². The zero-order chi connectivity index (χ0) is 12.8. The molecule has 0 unspecified atom stereocenters. The molecule has 0 bridgehead atoms. The van der Waals surface area contributed by atoms with E-state index >= 15 is 0 Å². The standard InChI is InChI=1S/C13H10N4/c1-9-4-3-5-10(2)13(9)17-12(8-16)11(6-14)7-15/h3-5,17H,1-2H3. The number of nitrogens with zero attached hydrogens (tertiary/aromatic N) is 3. The fourth-order valence-corrected chi connectivity index (χ4v) is 1.42. The van der Waals surface area contributed by atoms with E-state index in [1.54, 1.807) is 12.1 Å². The number of hydrogen-bond donors (Lipinski definition) is 1. The van der Waals surface area contributed by atoms with Crippen LogP contribution in [0.2, 0.25) is 0 Å². The van der Waals surface area contributed by atoms with Crippen LogP contribution >= 0.6 is 0 Å². The number of aryl methyl sites for hydroxylation is 2. The highest BCUT2D eigenvalue weighted by Crippen LogP contribution is 2.21. The minimum absolute atomic E-state index is 0.0209. The van der Waals surface area contributed by atoms with E-state index in [0.29, 0.717) is 0 Å². The number of rotatable bonds is 2. The summed E-state index contributed by atoms with van der Waals surface area (Å²) in [5.74, 6) is 0. The monoisotopic (exact) mass is 222 g/mol. The van der Waals surface area contributed by atoms with Crippen molar-refractivity contribution in [3.63, 3.8) is 0 Å². The van der Waals surface area contributed by atoms with Gasteiger partial charge in [-0.1, -0.05) is 18.2 Å². The smallest absolute Gasteiger partial charge is 0.163 e. The Morgan fingerprint density at radius 3 is 1.94 bits per heavy atom. The Labute approximate surface area is 100 Å². The third kappa shape index (κ3) is 2.62. The van der Waals surface area contributed by atoms with Crippen molar-refractivity contribution in [1.82, 2.24) is 0 Å². The maximum absolute atomic E-state index is 8.93. The summed E-state index contributed by atoms with van der Waals surface area (Å²) < 4.78 is 0. The Morgan fingerprint density at radius 2 is 1.53 bits per heavy atom. The third-order valence-electron chi connectivity index (χ3n) is 2.32. The second-order valence-corrected chi connectivity index (χ2v) is 3.48. The molecule has 0 saturated carbocycles. The number of anilines is 1. The summed E-state index contributed by atoms with van der Waals surface area (Å²) in [5.41, 5.74) is 2.43. The first kappa shape index (κ1) is 12.3. The van der Waals surface area contributed by atoms with Gasteiger partial charge in [0.05, 0.1) is 0 Å². The number of hydrogen-bond acceptors (Lipinski definition) is 4. The van der Waals surface area contributed by atoms with Crippen molar-refractivity contribution in [2.45, 2.75) is 13.8 Å². The molecular weight excluding hydrogens is 212 g/mol. The average Bonchev–Trinajstić information content (AvgIpc) is 2.33. The summed E-state index contributed by atoms with van der Waals surface area (Å²) in [6, 6.07) is 10.9. The molecule has 0 aliphatic heterocycles. The van der Waals surface area contributed by atoms with Crippen LogP contribution in [0.25, 0.3) is 0 Å². The van der Waals surface area contributed by atoms with Gasteiger partial charge in [-0.05, 0) is 25.0 Å². The van der Waals surface area contributed by atoms with Crippen LogP contribution in [0.1, 0.15) is 11.1 Å². The average molecular weight is 222 g/mol. The van der Waals surface area contributed by atoms with E-state index in [4.69, 9.17) is 15.8 Å². The zero-order valence-corrected chi connectivity index (χ0v) is 9.57. The van der Waals surface area contributed by atoms with Crippen LogP contribution in [0.4, 0.5) is 5.69 Å². The quantitative estimate of drug-likeness (QED) is 0.779. The van der Waals surface area contributed by atoms with E-state index in [1.165, 1.54) is 0 Å². The van der Waals surface area contributed by atoms with Crippen LogP contribution < -0.4 is 5.32 Å². The van der Waals surface area contributed by atoms with Gasteiger partial charge in [0.15, 0.2) is 5.57 Å². The van der Waals surface area contributed by atoms with Crippen molar-refractivity contribution in [3.05, 3.63) is 40.6 Å². The zero-order valence-electron chi connectivity index (χ0n) is 9.57. The van der Waals surface area contributed by atoms with Crippen molar-refractivity contribution < 1.29 is 0 Å². The van der Waals surface area contributed by atoms with E-state index < -0.39 is 0 Å². The summed E-state index contributed by atoms with van der Waals surface area (Å²) in [6.45, 7) is 3.78. The summed E-state index contributed by atoms with van der Waals surface area (Å²) >= 11 is 0. The molecular formula is C13H10N4. The molecule has 82 valence electrons. The minimum Gasteiger partial charge on any atom is -0.345 e. The Balaban J connectivity index is 3.25. The van der Waals surface area contributed by atoms with Gasteiger partial charge in [0, 0.05) is 5.69 Å². The first-order valence-corrected chi connectivity index (χ1v) is 4.91. The fraction of sp³-hybridized carbons (Fsp3) is 0.154. The van der Waals surface area contributed by atoms with E-state index in [1.807, 2.05) is 38.1 Å². The number of nitrogens with one attached hydrogen (secondary N) is 1. The summed E-state index contributed by atoms with van der Waals surface area (Å²) in [5, 5.41) is 29.2. The lowest BCUT2D eigenvalue weighted by molar-refractivity contribution is 1.31. The van der Waals surface area contributed by atoms with Crippen molar-refractivity contribution in [3.8, 4) is 18.2 Å². The lowest BCUT2D eigenvalue weighted by atomic mass is 10.1. The molecule has 0 amide bonds. The lowest BCUT2D eigenvalue weighted by Crippen LogP contribution is -2.03. The second kappa shape index (κ2) is 5.35. The normalized spacial score (nSPS) is 8.41. The van der Waals surface area contributed by atoms with E-state index in [2.05, 4.69) is 5.32 Å². The predicted molar refractivity (Wildman–Crippen MR) is 63.4 cm³/mol. The SMILES string of the molecule is Cc1cccc(C)c1NC(C#N)=C(C#N)C#N. The highest BCUT2D eigenvalue weighted by Gasteiger charge is 2.08. The molecule has 1 N–H and O–H groups in total. The Kier molecular flexibility index (Phi) is 3.87. The number of nitriles is 3. The van der Waals surface area contributed by atoms with Crippen LogP contribution in [0.3, 0.4) is 0 Å². The molecule has 0 saturated heterocycles. The van der Waals surface area contributed by atoms with Gasteiger partial charge in [0.2, 0.25) is 0 Å². The molecule has 0 aromatic heterocycles. The summed E-state index contributed by atoms with van der Waals surface area (Å²) in [6.07, 6.45) is 0. The molecule has 1 rings (SSSR count). The van der Waals surface area contributed by atoms with Gasteiger partial charge in [-0.3, -0.25) is 0 Å². The van der Waals surface area contributed by atoms with Gasteiger partial charge in [-0.25, -0.2) is 0 Å². The van der Waals surface area contributed by atoms with Gasteiger partial charge in [-0.15, -0.1) is 0 Å². The van der Waals surface area contributed by atoms with Crippen LogP contribution in [-0.4, -0.2) is 0 Å². The van der Waals surface area contributed by atoms with Gasteiger partial charge >= 0.3 is 0 Å². The number of allylic oxidation sites excluding steroid dienone is 2. The molecule has 0 aliphatic carbocycles. The molecule has 0 aliphatic rings. The molecule has 1 aromatic rings. The molecule has 17 heavy (non-hydrogen) atoms. The molecule has 0 fully saturated rings. The van der Waals surface area contributed by atoms with E-state index in [-0.39, 0.29) is 11.3 Å². The topological polar surface area (TPSA) is 83.4 Å². The Bertz CT molecular complexity index is 555. The van der Waals surface area contributed by atoms with Gasteiger partial charge in [0.25, 0.3) is 0 Å². The van der Waals surface area contributed by atoms with E-state index in [9.17, 15) is 0 Å². The summed E-state index contributed by atoms with van der Waals surface area (Å²) in [4.78, 5) is 0. The second-order valence-electron chi connectivity index (χ2n) is 3.48. The lowest BCUT2D eigenvalue weighted by Gasteiger charge is -2.11. The number of para-hydroxylation sites is 1. The molecule has 0 spiro atoms. The molecule has 0 atom stereocenters. The fourth-order valence-electron chi connectivity index (χ4n) is 1.42. The van der Waals surface area contributed by atoms with Crippen molar-refractivity contribution >= 4 is 5.69 Å². The van der Waals surface area contributed by atoms with Crippen molar-refractivity contribution in [2.75, 3.05) is 5.32 Å². The maximum atomic E-state index is 8.93. The number of benzene rings is 1. The van der Waals surface area contributed by atoms with Gasteiger partial charge in [-0.2, -0.15) is 15.8 Å². The highest BCUT2D eigenvalue weighted by atomic mass is 14.9. The molecule has 0 radical (unpaired) electrons. The van der Waals surface area contributed by atoms with E-state index in [0.717, 1.165) is 16.8 Å². The third-order valence-corrected chi connectivity index (χ3v) is 2.32. The molecule has 1 aromatic carbocycles. The first-order valence-electron chi connectivity index (χ1n) is 4.91. The molecule has 4 nitrogen and oxygen atoms in total. The predicted octanol–water partition coefficient (Wildman–Crippen LogP) is 2.54. The van der Waals surface area contributed by atoms with Crippen LogP contribution in [0.5, 0.6) is 0 Å². The molecule has 4 heteroatoms. The van der Waals surface area contributed by atoms with Crippen molar-refractivity contribution in [2.24, 2.45) is 0 Å². The molecule has 0 heterocycles. The van der Waals surface area contributed by atoms with Gasteiger partial charge < -0.3 is 5.32 Å². The Hall–Kier alpha value is -2.77. The van der Waals surface area contributed by atoms with Crippen molar-refractivity contribution in [1.29, 1.82) is 15.8 Å².